The molecule has 44 heavy (non-hydrogen) atoms. The van der Waals surface area contributed by atoms with E-state index in [1.54, 1.807) is 13.0 Å². The van der Waals surface area contributed by atoms with E-state index in [2.05, 4.69) is 16.0 Å². The molecule has 11 heteroatoms. The van der Waals surface area contributed by atoms with Crippen molar-refractivity contribution < 1.29 is 28.7 Å². The number of likely N-dealkylation sites (N-methyl/N-ethyl adjacent to an activating group) is 1. The van der Waals surface area contributed by atoms with E-state index in [1.165, 1.54) is 16.8 Å². The number of nitrogens with zero attached hydrogens (tertiary/aromatic N) is 2. The van der Waals surface area contributed by atoms with E-state index < -0.39 is 47.7 Å². The van der Waals surface area contributed by atoms with Crippen LogP contribution in [0.25, 0.3) is 0 Å². The first kappa shape index (κ1) is 34.1. The Hall–Kier alpha value is -4.41. The van der Waals surface area contributed by atoms with E-state index in [-0.39, 0.29) is 38.6 Å². The van der Waals surface area contributed by atoms with Crippen molar-refractivity contribution in [3.63, 3.8) is 0 Å². The number of hydrogen-bond donors (Lipinski definition) is 3. The van der Waals surface area contributed by atoms with E-state index in [0.29, 0.717) is 12.2 Å². The van der Waals surface area contributed by atoms with Crippen LogP contribution < -0.4 is 20.7 Å². The molecule has 238 valence electrons. The molecule has 0 aromatic heterocycles. The maximum absolute atomic E-state index is 13.5. The van der Waals surface area contributed by atoms with Gasteiger partial charge < -0.3 is 30.5 Å². The molecule has 0 aliphatic carbocycles. The van der Waals surface area contributed by atoms with Gasteiger partial charge in [-0.1, -0.05) is 56.3 Å². The molecule has 0 bridgehead atoms. The van der Waals surface area contributed by atoms with Crippen molar-refractivity contribution in [1.29, 1.82) is 0 Å². The Morgan fingerprint density at radius 2 is 1.66 bits per heavy atom. The first-order valence-corrected chi connectivity index (χ1v) is 15.0. The lowest BCUT2D eigenvalue weighted by Gasteiger charge is -2.30. The fraction of sp³-hybridized carbons (Fsp3) is 0.485. The smallest absolute Gasteiger partial charge is 0.261 e. The SMILES string of the molecule is Cc1cccc(OCC(=O)N2CCNC(=O)[C@H](Cc3ccccc3)NC(=O)[C@H](C)N(C)C(=O)[C@H](CC(C)C)NC(=O)C2)c1C. The van der Waals surface area contributed by atoms with E-state index in [1.807, 2.05) is 70.2 Å². The molecular weight excluding hydrogens is 562 g/mol. The zero-order valence-electron chi connectivity index (χ0n) is 26.5. The van der Waals surface area contributed by atoms with Gasteiger partial charge in [-0.15, -0.1) is 0 Å². The summed E-state index contributed by atoms with van der Waals surface area (Å²) in [6.45, 7) is 8.67. The summed E-state index contributed by atoms with van der Waals surface area (Å²) in [6.07, 6.45) is 0.564. The highest BCUT2D eigenvalue weighted by Gasteiger charge is 2.33. The molecule has 11 nitrogen and oxygen atoms in total. The Kier molecular flexibility index (Phi) is 12.3. The normalized spacial score (nSPS) is 20.8. The summed E-state index contributed by atoms with van der Waals surface area (Å²) >= 11 is 0. The minimum absolute atomic E-state index is 0.0132. The Balaban J connectivity index is 1.88. The average molecular weight is 608 g/mol. The van der Waals surface area contributed by atoms with Crippen LogP contribution in [-0.2, 0) is 30.4 Å². The lowest BCUT2D eigenvalue weighted by Crippen LogP contribution is -2.57. The molecule has 0 radical (unpaired) electrons. The van der Waals surface area contributed by atoms with Gasteiger partial charge in [-0.3, -0.25) is 24.0 Å². The van der Waals surface area contributed by atoms with Crippen LogP contribution in [0.4, 0.5) is 0 Å². The van der Waals surface area contributed by atoms with Gasteiger partial charge >= 0.3 is 0 Å². The topological polar surface area (TPSA) is 137 Å². The van der Waals surface area contributed by atoms with E-state index in [0.717, 1.165) is 16.7 Å². The van der Waals surface area contributed by atoms with Crippen LogP contribution >= 0.6 is 0 Å². The summed E-state index contributed by atoms with van der Waals surface area (Å²) in [5, 5.41) is 8.38. The van der Waals surface area contributed by atoms with Gasteiger partial charge in [0.1, 0.15) is 23.9 Å². The first-order chi connectivity index (χ1) is 20.9. The summed E-state index contributed by atoms with van der Waals surface area (Å²) < 4.78 is 5.81. The highest BCUT2D eigenvalue weighted by molar-refractivity contribution is 5.95. The largest absolute Gasteiger partial charge is 0.483 e. The summed E-state index contributed by atoms with van der Waals surface area (Å²) in [4.78, 5) is 69.3. The van der Waals surface area contributed by atoms with Crippen molar-refractivity contribution in [2.24, 2.45) is 5.92 Å². The zero-order valence-corrected chi connectivity index (χ0v) is 26.5. The molecule has 1 fully saturated rings. The first-order valence-electron chi connectivity index (χ1n) is 15.0. The number of amides is 5. The second-order valence-electron chi connectivity index (χ2n) is 11.7. The maximum atomic E-state index is 13.5. The lowest BCUT2D eigenvalue weighted by molar-refractivity contribution is -0.143. The lowest BCUT2D eigenvalue weighted by atomic mass is 10.0. The summed E-state index contributed by atoms with van der Waals surface area (Å²) in [5.41, 5.74) is 2.76. The third-order valence-corrected chi connectivity index (χ3v) is 7.84. The van der Waals surface area contributed by atoms with E-state index in [4.69, 9.17) is 4.74 Å². The van der Waals surface area contributed by atoms with Crippen LogP contribution in [0.1, 0.15) is 43.9 Å². The molecular formula is C33H45N5O6. The highest BCUT2D eigenvalue weighted by atomic mass is 16.5. The number of ether oxygens (including phenoxy) is 1. The Morgan fingerprint density at radius 1 is 0.955 bits per heavy atom. The number of nitrogens with one attached hydrogen (secondary N) is 3. The summed E-state index contributed by atoms with van der Waals surface area (Å²) in [5.74, 6) is -1.74. The molecule has 2 aromatic rings. The molecule has 1 aliphatic heterocycles. The molecule has 1 aliphatic rings. The zero-order chi connectivity index (χ0) is 32.4. The van der Waals surface area contributed by atoms with Gasteiger partial charge in [0, 0.05) is 26.6 Å². The number of carbonyl (C=O) groups excluding carboxylic acids is 5. The van der Waals surface area contributed by atoms with Crippen molar-refractivity contribution in [3.05, 3.63) is 65.2 Å². The fourth-order valence-corrected chi connectivity index (χ4v) is 4.91. The molecule has 3 N–H and O–H groups in total. The van der Waals surface area contributed by atoms with Crippen LogP contribution in [0.2, 0.25) is 0 Å². The highest BCUT2D eigenvalue weighted by Crippen LogP contribution is 2.20. The van der Waals surface area contributed by atoms with Crippen LogP contribution in [0.3, 0.4) is 0 Å². The van der Waals surface area contributed by atoms with Crippen LogP contribution in [0.5, 0.6) is 5.75 Å². The third kappa shape index (κ3) is 9.55. The second-order valence-corrected chi connectivity index (χ2v) is 11.7. The van der Waals surface area contributed by atoms with Crippen LogP contribution in [0.15, 0.2) is 48.5 Å². The summed E-state index contributed by atoms with van der Waals surface area (Å²) in [6, 6.07) is 12.1. The van der Waals surface area contributed by atoms with Gasteiger partial charge in [-0.05, 0) is 55.9 Å². The van der Waals surface area contributed by atoms with Crippen molar-refractivity contribution in [3.8, 4) is 5.75 Å². The van der Waals surface area contributed by atoms with Gasteiger partial charge in [-0.2, -0.15) is 0 Å². The van der Waals surface area contributed by atoms with Crippen molar-refractivity contribution >= 4 is 29.5 Å². The molecule has 0 saturated carbocycles. The minimum atomic E-state index is -0.927. The summed E-state index contributed by atoms with van der Waals surface area (Å²) in [7, 11) is 1.50. The van der Waals surface area contributed by atoms with Gasteiger partial charge in [0.05, 0.1) is 6.54 Å². The molecule has 3 rings (SSSR count). The number of hydrogen-bond acceptors (Lipinski definition) is 6. The number of carbonyl (C=O) groups is 5. The standard InChI is InChI=1S/C33H45N5O6/c1-21(2)17-27-33(43)37(6)24(5)31(41)36-26(18-25-12-8-7-9-13-25)32(42)34-15-16-38(19-29(39)35-27)30(40)20-44-28-14-10-11-22(3)23(28)4/h7-14,21,24,26-27H,15-20H2,1-6H3,(H,34,42)(H,35,39)(H,36,41)/t24-,26-,27-/m0/s1. The predicted molar refractivity (Wildman–Crippen MR) is 167 cm³/mol. The van der Waals surface area contributed by atoms with E-state index >= 15 is 0 Å². The van der Waals surface area contributed by atoms with Crippen LogP contribution in [0, 0.1) is 19.8 Å². The number of rotatable bonds is 7. The second kappa shape index (κ2) is 15.9. The molecule has 1 heterocycles. The fourth-order valence-electron chi connectivity index (χ4n) is 4.91. The van der Waals surface area contributed by atoms with Crippen molar-refractivity contribution in [2.45, 2.75) is 65.6 Å². The maximum Gasteiger partial charge on any atom is 0.261 e. The Bertz CT molecular complexity index is 1330. The van der Waals surface area contributed by atoms with Gasteiger partial charge in [0.15, 0.2) is 6.61 Å². The van der Waals surface area contributed by atoms with Crippen LogP contribution in [-0.4, -0.2) is 90.8 Å². The van der Waals surface area contributed by atoms with Gasteiger partial charge in [-0.25, -0.2) is 0 Å². The molecule has 3 atom stereocenters. The van der Waals surface area contributed by atoms with Gasteiger partial charge in [0.2, 0.25) is 23.6 Å². The third-order valence-electron chi connectivity index (χ3n) is 7.84. The number of aryl methyl sites for hydroxylation is 1. The molecule has 0 spiro atoms. The van der Waals surface area contributed by atoms with E-state index in [9.17, 15) is 24.0 Å². The average Bonchev–Trinajstić information content (AvgIpc) is 2.99. The molecule has 5 amide bonds. The van der Waals surface area contributed by atoms with Gasteiger partial charge in [0.25, 0.3) is 5.91 Å². The van der Waals surface area contributed by atoms with Crippen molar-refractivity contribution in [1.82, 2.24) is 25.8 Å². The monoisotopic (exact) mass is 607 g/mol. The quantitative estimate of drug-likeness (QED) is 0.439. The molecule has 2 aromatic carbocycles. The molecule has 0 unspecified atom stereocenters. The minimum Gasteiger partial charge on any atom is -0.483 e. The Labute approximate surface area is 259 Å². The predicted octanol–water partition coefficient (Wildman–Crippen LogP) is 1.75. The Morgan fingerprint density at radius 3 is 2.34 bits per heavy atom. The van der Waals surface area contributed by atoms with Crippen molar-refractivity contribution in [2.75, 3.05) is 33.3 Å². The number of benzene rings is 2. The molecule has 1 saturated heterocycles.